The van der Waals surface area contributed by atoms with Crippen molar-refractivity contribution in [3.05, 3.63) is 28.0 Å². The van der Waals surface area contributed by atoms with E-state index in [-0.39, 0.29) is 17.7 Å². The fourth-order valence-corrected chi connectivity index (χ4v) is 2.49. The van der Waals surface area contributed by atoms with Gasteiger partial charge in [0.05, 0.1) is 6.07 Å². The zero-order valence-electron chi connectivity index (χ0n) is 11.5. The Hall–Kier alpha value is -1.89. The van der Waals surface area contributed by atoms with Gasteiger partial charge in [-0.1, -0.05) is 6.92 Å². The van der Waals surface area contributed by atoms with E-state index in [0.717, 1.165) is 32.4 Å². The van der Waals surface area contributed by atoms with Gasteiger partial charge >= 0.3 is 5.88 Å². The highest BCUT2D eigenvalue weighted by Gasteiger charge is 2.28. The SMILES string of the molecule is CCCN(C(=O)c1ccc([N+](=O)[O-])o1)C1CCNCC1. The molecule has 1 saturated heterocycles. The molecule has 20 heavy (non-hydrogen) atoms. The van der Waals surface area contributed by atoms with Gasteiger partial charge in [0.15, 0.2) is 5.76 Å². The summed E-state index contributed by atoms with van der Waals surface area (Å²) in [4.78, 5) is 24.2. The Balaban J connectivity index is 2.14. The number of carbonyl (C=O) groups is 1. The van der Waals surface area contributed by atoms with Crippen molar-refractivity contribution in [3.8, 4) is 0 Å². The van der Waals surface area contributed by atoms with Crippen molar-refractivity contribution in [1.29, 1.82) is 0 Å². The predicted molar refractivity (Wildman–Crippen MR) is 72.6 cm³/mol. The maximum atomic E-state index is 12.5. The van der Waals surface area contributed by atoms with E-state index in [0.29, 0.717) is 6.54 Å². The maximum Gasteiger partial charge on any atom is 0.433 e. The largest absolute Gasteiger partial charge is 0.433 e. The highest BCUT2D eigenvalue weighted by Crippen LogP contribution is 2.20. The van der Waals surface area contributed by atoms with Crippen LogP contribution in [0.2, 0.25) is 0 Å². The zero-order chi connectivity index (χ0) is 14.5. The average Bonchev–Trinajstić information content (AvgIpc) is 2.95. The van der Waals surface area contributed by atoms with E-state index in [4.69, 9.17) is 4.42 Å². The van der Waals surface area contributed by atoms with Crippen LogP contribution in [0.4, 0.5) is 5.88 Å². The minimum atomic E-state index is -0.633. The van der Waals surface area contributed by atoms with Gasteiger partial charge in [-0.15, -0.1) is 0 Å². The molecule has 1 aliphatic heterocycles. The van der Waals surface area contributed by atoms with Crippen LogP contribution in [-0.2, 0) is 0 Å². The lowest BCUT2D eigenvalue weighted by molar-refractivity contribution is -0.402. The summed E-state index contributed by atoms with van der Waals surface area (Å²) in [6, 6.07) is 2.78. The van der Waals surface area contributed by atoms with E-state index >= 15 is 0 Å². The minimum absolute atomic E-state index is 0.0451. The molecule has 7 heteroatoms. The molecule has 7 nitrogen and oxygen atoms in total. The smallest absolute Gasteiger partial charge is 0.395 e. The molecule has 1 fully saturated rings. The van der Waals surface area contributed by atoms with Crippen LogP contribution in [0.5, 0.6) is 0 Å². The molecule has 0 bridgehead atoms. The Morgan fingerprint density at radius 3 is 2.75 bits per heavy atom. The van der Waals surface area contributed by atoms with Gasteiger partial charge in [-0.05, 0) is 38.4 Å². The van der Waals surface area contributed by atoms with E-state index in [9.17, 15) is 14.9 Å². The third-order valence-electron chi connectivity index (χ3n) is 3.46. The Bertz CT molecular complexity index is 480. The number of nitrogens with one attached hydrogen (secondary N) is 1. The number of piperidine rings is 1. The van der Waals surface area contributed by atoms with Crippen molar-refractivity contribution in [2.75, 3.05) is 19.6 Å². The standard InChI is InChI=1S/C13H19N3O4/c1-2-9-15(10-5-7-14-8-6-10)13(17)11-3-4-12(20-11)16(18)19/h3-4,10,14H,2,5-9H2,1H3. The number of amides is 1. The number of carbonyl (C=O) groups excluding carboxylic acids is 1. The maximum absolute atomic E-state index is 12.5. The number of nitro groups is 1. The summed E-state index contributed by atoms with van der Waals surface area (Å²) in [5.41, 5.74) is 0. The van der Waals surface area contributed by atoms with Crippen molar-refractivity contribution >= 4 is 11.8 Å². The normalized spacial score (nSPS) is 16.1. The topological polar surface area (TPSA) is 88.6 Å². The molecule has 0 atom stereocenters. The number of hydrogen-bond donors (Lipinski definition) is 1. The summed E-state index contributed by atoms with van der Waals surface area (Å²) in [5.74, 6) is -0.606. The van der Waals surface area contributed by atoms with E-state index in [1.807, 2.05) is 6.92 Å². The Morgan fingerprint density at radius 1 is 1.50 bits per heavy atom. The summed E-state index contributed by atoms with van der Waals surface area (Å²) in [6.45, 7) is 4.41. The van der Waals surface area contributed by atoms with E-state index in [1.165, 1.54) is 12.1 Å². The summed E-state index contributed by atoms with van der Waals surface area (Å²) in [5, 5.41) is 13.9. The molecule has 1 amide bonds. The average molecular weight is 281 g/mol. The summed E-state index contributed by atoms with van der Waals surface area (Å²) < 4.78 is 5.02. The molecule has 1 aromatic heterocycles. The second kappa shape index (κ2) is 6.51. The summed E-state index contributed by atoms with van der Waals surface area (Å²) >= 11 is 0. The molecule has 110 valence electrons. The Labute approximate surface area is 117 Å². The molecule has 0 radical (unpaired) electrons. The van der Waals surface area contributed by atoms with Crippen molar-refractivity contribution in [1.82, 2.24) is 10.2 Å². The predicted octanol–water partition coefficient (Wildman–Crippen LogP) is 1.79. The van der Waals surface area contributed by atoms with Crippen molar-refractivity contribution in [2.45, 2.75) is 32.2 Å². The Kier molecular flexibility index (Phi) is 4.73. The van der Waals surface area contributed by atoms with E-state index in [2.05, 4.69) is 5.32 Å². The molecule has 1 aromatic rings. The van der Waals surface area contributed by atoms with Crippen LogP contribution >= 0.6 is 0 Å². The summed E-state index contributed by atoms with van der Waals surface area (Å²) in [6.07, 6.45) is 2.64. The van der Waals surface area contributed by atoms with Crippen LogP contribution in [0.25, 0.3) is 0 Å². The molecule has 1 N–H and O–H groups in total. The molecule has 0 aliphatic carbocycles. The fraction of sp³-hybridized carbons (Fsp3) is 0.615. The molecule has 1 aliphatic rings. The van der Waals surface area contributed by atoms with Crippen LogP contribution < -0.4 is 5.32 Å². The van der Waals surface area contributed by atoms with Gasteiger partial charge in [0.1, 0.15) is 4.92 Å². The van der Waals surface area contributed by atoms with Crippen LogP contribution in [0.1, 0.15) is 36.7 Å². The van der Waals surface area contributed by atoms with Gasteiger partial charge in [-0.3, -0.25) is 14.9 Å². The van der Waals surface area contributed by atoms with Crippen LogP contribution in [0.15, 0.2) is 16.5 Å². The highest BCUT2D eigenvalue weighted by atomic mass is 16.6. The lowest BCUT2D eigenvalue weighted by Gasteiger charge is -2.34. The number of hydrogen-bond acceptors (Lipinski definition) is 5. The lowest BCUT2D eigenvalue weighted by atomic mass is 10.0. The molecular weight excluding hydrogens is 262 g/mol. The third kappa shape index (κ3) is 3.16. The van der Waals surface area contributed by atoms with Crippen molar-refractivity contribution in [3.63, 3.8) is 0 Å². The number of rotatable bonds is 5. The zero-order valence-corrected chi connectivity index (χ0v) is 11.5. The second-order valence-corrected chi connectivity index (χ2v) is 4.87. The quantitative estimate of drug-likeness (QED) is 0.656. The van der Waals surface area contributed by atoms with Gasteiger partial charge in [-0.2, -0.15) is 0 Å². The monoisotopic (exact) mass is 281 g/mol. The fourth-order valence-electron chi connectivity index (χ4n) is 2.49. The van der Waals surface area contributed by atoms with Gasteiger partial charge in [0.25, 0.3) is 5.91 Å². The van der Waals surface area contributed by atoms with E-state index < -0.39 is 10.8 Å². The number of nitrogens with zero attached hydrogens (tertiary/aromatic N) is 2. The molecule has 2 heterocycles. The molecule has 0 saturated carbocycles. The first-order valence-electron chi connectivity index (χ1n) is 6.89. The molecule has 0 unspecified atom stereocenters. The second-order valence-electron chi connectivity index (χ2n) is 4.87. The van der Waals surface area contributed by atoms with Gasteiger partial charge in [-0.25, -0.2) is 0 Å². The number of furan rings is 1. The van der Waals surface area contributed by atoms with Crippen molar-refractivity contribution < 1.29 is 14.1 Å². The van der Waals surface area contributed by atoms with Gasteiger partial charge in [0.2, 0.25) is 0 Å². The molecule has 2 rings (SSSR count). The first-order chi connectivity index (χ1) is 9.63. The summed E-state index contributed by atoms with van der Waals surface area (Å²) in [7, 11) is 0. The first-order valence-corrected chi connectivity index (χ1v) is 6.89. The Morgan fingerprint density at radius 2 is 2.20 bits per heavy atom. The van der Waals surface area contributed by atoms with Crippen LogP contribution in [0.3, 0.4) is 0 Å². The van der Waals surface area contributed by atoms with Crippen molar-refractivity contribution in [2.24, 2.45) is 0 Å². The molecule has 0 spiro atoms. The highest BCUT2D eigenvalue weighted by molar-refractivity contribution is 5.92. The van der Waals surface area contributed by atoms with Gasteiger partial charge < -0.3 is 14.6 Å². The third-order valence-corrected chi connectivity index (χ3v) is 3.46. The lowest BCUT2D eigenvalue weighted by Crippen LogP contribution is -2.46. The van der Waals surface area contributed by atoms with Crippen LogP contribution in [0, 0.1) is 10.1 Å². The molecule has 0 aromatic carbocycles. The van der Waals surface area contributed by atoms with Crippen LogP contribution in [-0.4, -0.2) is 41.4 Å². The van der Waals surface area contributed by atoms with Gasteiger partial charge in [0, 0.05) is 12.6 Å². The molecular formula is C13H19N3O4. The van der Waals surface area contributed by atoms with E-state index in [1.54, 1.807) is 4.90 Å². The minimum Gasteiger partial charge on any atom is -0.395 e. The first kappa shape index (κ1) is 14.5.